The van der Waals surface area contributed by atoms with Crippen LogP contribution in [0.5, 0.6) is 0 Å². The van der Waals surface area contributed by atoms with Crippen molar-refractivity contribution >= 4 is 71.6 Å². The van der Waals surface area contributed by atoms with Gasteiger partial charge in [0.15, 0.2) is 0 Å². The normalized spacial score (nSPS) is 9.00. The van der Waals surface area contributed by atoms with E-state index in [2.05, 4.69) is 51.1 Å². The Morgan fingerprint density at radius 1 is 0.917 bits per heavy atom. The summed E-state index contributed by atoms with van der Waals surface area (Å²) in [4.78, 5) is 0. The summed E-state index contributed by atoms with van der Waals surface area (Å²) in [5, 5.41) is 0. The van der Waals surface area contributed by atoms with E-state index in [1.165, 1.54) is 25.7 Å². The maximum absolute atomic E-state index is 2.45. The zero-order chi connectivity index (χ0) is 9.66. The molecular formula is C8H18I2Sn2. The summed E-state index contributed by atoms with van der Waals surface area (Å²) >= 11 is 5.21. The molecule has 0 aromatic rings. The van der Waals surface area contributed by atoms with Gasteiger partial charge in [0, 0.05) is 0 Å². The predicted molar refractivity (Wildman–Crippen MR) is 79.0 cm³/mol. The third-order valence-corrected chi connectivity index (χ3v) is 5.45. The summed E-state index contributed by atoms with van der Waals surface area (Å²) in [5.41, 5.74) is 0. The van der Waals surface area contributed by atoms with E-state index < -0.39 is 0 Å². The van der Waals surface area contributed by atoms with Gasteiger partial charge in [-0.15, -0.1) is 0 Å². The van der Waals surface area contributed by atoms with Gasteiger partial charge < -0.3 is 0 Å². The molecule has 0 nitrogen and oxygen atoms in total. The van der Waals surface area contributed by atoms with Crippen LogP contribution in [0, 0.1) is 0 Å². The Hall–Kier alpha value is 3.06. The first-order valence-corrected chi connectivity index (χ1v) is 25.2. The number of rotatable bonds is 6. The van der Waals surface area contributed by atoms with Gasteiger partial charge in [-0.1, -0.05) is 0 Å². The van der Waals surface area contributed by atoms with Crippen molar-refractivity contribution < 1.29 is 0 Å². The summed E-state index contributed by atoms with van der Waals surface area (Å²) in [5.74, 6) is 0. The molecule has 72 valence electrons. The van der Waals surface area contributed by atoms with Gasteiger partial charge in [-0.3, -0.25) is 0 Å². The molecule has 0 bridgehead atoms. The monoisotopic (exact) mass is 608 g/mol. The van der Waals surface area contributed by atoms with Crippen LogP contribution in [0.25, 0.3) is 0 Å². The fourth-order valence-electron chi connectivity index (χ4n) is 0.729. The van der Waals surface area contributed by atoms with E-state index in [-0.39, 0.29) is 34.3 Å². The van der Waals surface area contributed by atoms with Crippen molar-refractivity contribution in [3.8, 4) is 0 Å². The van der Waals surface area contributed by atoms with Crippen LogP contribution >= 0.6 is 37.3 Å². The number of halogens is 2. The fraction of sp³-hybridized carbons (Fsp3) is 1.00. The van der Waals surface area contributed by atoms with E-state index in [1.54, 1.807) is 8.87 Å². The second-order valence-corrected chi connectivity index (χ2v) is 28.3. The van der Waals surface area contributed by atoms with Crippen LogP contribution in [0.1, 0.15) is 39.5 Å². The van der Waals surface area contributed by atoms with E-state index in [0.29, 0.717) is 0 Å². The van der Waals surface area contributed by atoms with Crippen LogP contribution in [-0.2, 0) is 0 Å². The molecule has 0 aliphatic rings. The zero-order valence-corrected chi connectivity index (χ0v) is 18.0. The van der Waals surface area contributed by atoms with Gasteiger partial charge in [0.2, 0.25) is 0 Å². The van der Waals surface area contributed by atoms with Gasteiger partial charge >= 0.3 is 120 Å². The molecule has 0 aliphatic heterocycles. The molecule has 0 N–H and O–H groups in total. The van der Waals surface area contributed by atoms with Crippen LogP contribution < -0.4 is 0 Å². The van der Waals surface area contributed by atoms with Crippen LogP contribution in [0.4, 0.5) is 0 Å². The van der Waals surface area contributed by atoms with Gasteiger partial charge in [0.1, 0.15) is 0 Å². The average Bonchev–Trinajstić information content (AvgIpc) is 2.06. The van der Waals surface area contributed by atoms with E-state index in [1.807, 2.05) is 0 Å². The summed E-state index contributed by atoms with van der Waals surface area (Å²) in [6, 6.07) is 0. The van der Waals surface area contributed by atoms with Crippen molar-refractivity contribution in [2.75, 3.05) is 0 Å². The number of unbranched alkanes of at least 4 members (excludes halogenated alkanes) is 2. The molecule has 0 spiro atoms. The van der Waals surface area contributed by atoms with Crippen molar-refractivity contribution in [1.82, 2.24) is 0 Å². The molecular weight excluding hydrogens is 587 g/mol. The Kier molecular flexibility index (Phi) is 28.5. The van der Waals surface area contributed by atoms with Gasteiger partial charge in [-0.25, -0.2) is 0 Å². The molecule has 0 amide bonds. The molecule has 0 fully saturated rings. The first kappa shape index (κ1) is 17.5. The van der Waals surface area contributed by atoms with E-state index in [0.717, 1.165) is 0 Å². The van der Waals surface area contributed by atoms with Gasteiger partial charge in [-0.2, -0.15) is 0 Å². The van der Waals surface area contributed by atoms with Crippen LogP contribution in [-0.4, -0.2) is 34.3 Å². The van der Waals surface area contributed by atoms with Crippen molar-refractivity contribution in [2.45, 2.75) is 48.4 Å². The summed E-state index contributed by atoms with van der Waals surface area (Å²) in [6.45, 7) is 4.58. The maximum atomic E-state index is 2.45. The van der Waals surface area contributed by atoms with Crippen LogP contribution in [0.2, 0.25) is 8.87 Å². The number of hydrogen-bond acceptors (Lipinski definition) is 0. The molecule has 0 aromatic carbocycles. The molecule has 0 aromatic heterocycles. The SMILES string of the molecule is CCC[CH2][Sn][CH2]CCC.[I][Sn][I]. The van der Waals surface area contributed by atoms with Crippen molar-refractivity contribution in [2.24, 2.45) is 0 Å². The summed E-state index contributed by atoms with van der Waals surface area (Å²) in [7, 11) is 0. The second-order valence-electron chi connectivity index (χ2n) is 2.53. The summed E-state index contributed by atoms with van der Waals surface area (Å²) in [6.07, 6.45) is 5.84. The Labute approximate surface area is 118 Å². The van der Waals surface area contributed by atoms with Crippen molar-refractivity contribution in [3.05, 3.63) is 0 Å². The van der Waals surface area contributed by atoms with Crippen LogP contribution in [0.3, 0.4) is 0 Å². The molecule has 0 heterocycles. The van der Waals surface area contributed by atoms with E-state index in [4.69, 9.17) is 0 Å². The minimum atomic E-state index is 0.149. The molecule has 0 saturated carbocycles. The van der Waals surface area contributed by atoms with Gasteiger partial charge in [0.05, 0.1) is 0 Å². The zero-order valence-electron chi connectivity index (χ0n) is 8.00. The third kappa shape index (κ3) is 23.1. The third-order valence-electron chi connectivity index (χ3n) is 1.41. The molecule has 12 heavy (non-hydrogen) atoms. The van der Waals surface area contributed by atoms with E-state index in [9.17, 15) is 0 Å². The average molecular weight is 605 g/mol. The molecule has 0 unspecified atom stereocenters. The molecule has 4 heteroatoms. The quantitative estimate of drug-likeness (QED) is 0.238. The van der Waals surface area contributed by atoms with Gasteiger partial charge in [-0.05, 0) is 0 Å². The van der Waals surface area contributed by atoms with Crippen molar-refractivity contribution in [1.29, 1.82) is 0 Å². The first-order valence-electron chi connectivity index (χ1n) is 4.50. The molecule has 4 radical (unpaired) electrons. The molecule has 0 saturated heterocycles. The first-order chi connectivity index (χ1) is 5.83. The predicted octanol–water partition coefficient (Wildman–Crippen LogP) is 4.52. The number of hydrogen-bond donors (Lipinski definition) is 0. The Balaban J connectivity index is 0. The Morgan fingerprint density at radius 3 is 1.50 bits per heavy atom. The molecule has 0 aliphatic carbocycles. The summed E-state index contributed by atoms with van der Waals surface area (Å²) < 4.78 is 3.25. The van der Waals surface area contributed by atoms with Gasteiger partial charge in [0.25, 0.3) is 0 Å². The van der Waals surface area contributed by atoms with Crippen molar-refractivity contribution in [3.63, 3.8) is 0 Å². The Bertz CT molecular complexity index is 57.0. The standard InChI is InChI=1S/2C4H9.2HI.2Sn/c2*1-3-4-2;;;;/h2*1,3-4H2,2H3;2*1H;;/q;;;;;+2/p-2. The molecule has 0 rings (SSSR count). The minimum absolute atomic E-state index is 0.149. The second kappa shape index (κ2) is 19.6. The van der Waals surface area contributed by atoms with E-state index >= 15 is 0 Å². The fourth-order valence-corrected chi connectivity index (χ4v) is 4.89. The van der Waals surface area contributed by atoms with Crippen LogP contribution in [0.15, 0.2) is 0 Å². The topological polar surface area (TPSA) is 0 Å². The molecule has 0 atom stereocenters. The Morgan fingerprint density at radius 2 is 1.25 bits per heavy atom.